The van der Waals surface area contributed by atoms with Gasteiger partial charge in [-0.25, -0.2) is 0 Å². The number of amides is 1. The number of nitrogens with zero attached hydrogens (tertiary/aromatic N) is 2. The molecule has 6 nitrogen and oxygen atoms in total. The number of hydrogen-bond acceptors (Lipinski definition) is 4. The topological polar surface area (TPSA) is 89.5 Å². The number of aromatic amines is 1. The van der Waals surface area contributed by atoms with Crippen LogP contribution in [0.2, 0.25) is 0 Å². The first kappa shape index (κ1) is 19.2. The molecule has 3 N–H and O–H groups in total. The molecule has 3 aromatic carbocycles. The van der Waals surface area contributed by atoms with Crippen molar-refractivity contribution in [2.45, 2.75) is 32.7 Å². The summed E-state index contributed by atoms with van der Waals surface area (Å²) in [6, 6.07) is 14.4. The number of hydrogen-bond donors (Lipinski definition) is 3. The number of phenolic OH excluding ortho intramolecular Hbond substituents is 2. The predicted octanol–water partition coefficient (Wildman–Crippen LogP) is 4.93. The van der Waals surface area contributed by atoms with E-state index in [0.29, 0.717) is 0 Å². The number of rotatable bonds is 2. The average molecular weight is 413 g/mol. The lowest BCUT2D eigenvalue weighted by Crippen LogP contribution is -2.42. The van der Waals surface area contributed by atoms with Gasteiger partial charge in [0.2, 0.25) is 0 Å². The molecule has 0 fully saturated rings. The first-order valence-corrected chi connectivity index (χ1v) is 10.4. The first-order valence-electron chi connectivity index (χ1n) is 10.4. The third kappa shape index (κ3) is 3.11. The van der Waals surface area contributed by atoms with E-state index in [2.05, 4.69) is 29.3 Å². The van der Waals surface area contributed by atoms with Crippen LogP contribution in [0.1, 0.15) is 34.8 Å². The van der Waals surface area contributed by atoms with Gasteiger partial charge < -0.3 is 15.1 Å². The molecule has 0 saturated heterocycles. The summed E-state index contributed by atoms with van der Waals surface area (Å²) in [4.78, 5) is 15.1. The Morgan fingerprint density at radius 2 is 1.97 bits per heavy atom. The predicted molar refractivity (Wildman–Crippen MR) is 121 cm³/mol. The molecule has 0 unspecified atom stereocenters. The quantitative estimate of drug-likeness (QED) is 0.435. The maximum atomic E-state index is 13.3. The Kier molecular flexibility index (Phi) is 4.43. The van der Waals surface area contributed by atoms with E-state index in [4.69, 9.17) is 0 Å². The largest absolute Gasteiger partial charge is 0.508 e. The maximum absolute atomic E-state index is 13.3. The van der Waals surface area contributed by atoms with Gasteiger partial charge in [-0.2, -0.15) is 5.10 Å². The summed E-state index contributed by atoms with van der Waals surface area (Å²) < 4.78 is 0. The van der Waals surface area contributed by atoms with E-state index in [-0.39, 0.29) is 29.0 Å². The number of fused-ring (bicyclic) bond motifs is 2. The Balaban J connectivity index is 1.57. The molecule has 31 heavy (non-hydrogen) atoms. The zero-order chi connectivity index (χ0) is 21.7. The summed E-state index contributed by atoms with van der Waals surface area (Å²) in [6.07, 6.45) is 3.56. The number of aromatic hydroxyl groups is 2. The first-order chi connectivity index (χ1) is 14.9. The molecule has 0 radical (unpaired) electrons. The normalized spacial score (nSPS) is 15.8. The lowest BCUT2D eigenvalue weighted by Gasteiger charge is -2.36. The molecule has 1 aliphatic rings. The lowest BCUT2D eigenvalue weighted by molar-refractivity contribution is 0.0972. The Bertz CT molecular complexity index is 1330. The molecule has 0 saturated carbocycles. The van der Waals surface area contributed by atoms with Gasteiger partial charge in [0.1, 0.15) is 11.5 Å². The van der Waals surface area contributed by atoms with Crippen LogP contribution in [0.25, 0.3) is 22.0 Å². The number of benzene rings is 3. The van der Waals surface area contributed by atoms with Gasteiger partial charge in [0.05, 0.1) is 17.3 Å². The molecular weight excluding hydrogens is 390 g/mol. The summed E-state index contributed by atoms with van der Waals surface area (Å²) >= 11 is 0. The van der Waals surface area contributed by atoms with Crippen LogP contribution in [0.3, 0.4) is 0 Å². The second kappa shape index (κ2) is 7.16. The van der Waals surface area contributed by atoms with Crippen LogP contribution in [-0.2, 0) is 6.42 Å². The molecule has 1 atom stereocenters. The summed E-state index contributed by atoms with van der Waals surface area (Å²) in [7, 11) is 0. The third-order valence-electron chi connectivity index (χ3n) is 6.25. The number of carbonyl (C=O) groups is 1. The van der Waals surface area contributed by atoms with Crippen molar-refractivity contribution in [2.24, 2.45) is 0 Å². The van der Waals surface area contributed by atoms with E-state index < -0.39 is 0 Å². The van der Waals surface area contributed by atoms with Gasteiger partial charge in [0, 0.05) is 23.2 Å². The van der Waals surface area contributed by atoms with E-state index >= 15 is 0 Å². The maximum Gasteiger partial charge on any atom is 0.262 e. The van der Waals surface area contributed by atoms with Crippen molar-refractivity contribution < 1.29 is 15.0 Å². The van der Waals surface area contributed by atoms with Gasteiger partial charge >= 0.3 is 0 Å². The van der Waals surface area contributed by atoms with Crippen molar-refractivity contribution in [1.29, 1.82) is 0 Å². The van der Waals surface area contributed by atoms with Crippen molar-refractivity contribution in [1.82, 2.24) is 10.2 Å². The number of carbonyl (C=O) groups excluding carboxylic acids is 1. The van der Waals surface area contributed by atoms with Crippen molar-refractivity contribution in [2.75, 3.05) is 4.90 Å². The minimum atomic E-state index is -0.269. The summed E-state index contributed by atoms with van der Waals surface area (Å²) in [5.74, 6) is -0.560. The summed E-state index contributed by atoms with van der Waals surface area (Å²) in [6.45, 7) is 4.11. The molecule has 0 spiro atoms. The van der Waals surface area contributed by atoms with E-state index in [0.717, 1.165) is 51.7 Å². The number of aryl methyl sites for hydroxylation is 2. The number of anilines is 1. The molecule has 1 aromatic heterocycles. The van der Waals surface area contributed by atoms with Crippen LogP contribution in [0.15, 0.2) is 54.7 Å². The molecule has 0 bridgehead atoms. The fourth-order valence-electron chi connectivity index (χ4n) is 4.53. The van der Waals surface area contributed by atoms with Crippen LogP contribution in [-0.4, -0.2) is 32.4 Å². The average Bonchev–Trinajstić information content (AvgIpc) is 3.23. The number of phenols is 2. The minimum absolute atomic E-state index is 0.00284. The highest BCUT2D eigenvalue weighted by molar-refractivity contribution is 6.09. The molecule has 5 rings (SSSR count). The third-order valence-corrected chi connectivity index (χ3v) is 6.25. The van der Waals surface area contributed by atoms with Crippen LogP contribution in [0.4, 0.5) is 5.69 Å². The smallest absolute Gasteiger partial charge is 0.262 e. The molecule has 1 amide bonds. The van der Waals surface area contributed by atoms with E-state index in [1.807, 2.05) is 31.3 Å². The van der Waals surface area contributed by atoms with Gasteiger partial charge in [-0.15, -0.1) is 0 Å². The second-order valence-electron chi connectivity index (χ2n) is 8.18. The molecular formula is C25H23N3O3. The van der Waals surface area contributed by atoms with E-state index in [1.54, 1.807) is 4.90 Å². The fraction of sp³-hybridized carbons (Fsp3) is 0.200. The second-order valence-corrected chi connectivity index (χ2v) is 8.18. The van der Waals surface area contributed by atoms with Crippen molar-refractivity contribution in [3.63, 3.8) is 0 Å². The van der Waals surface area contributed by atoms with Crippen LogP contribution < -0.4 is 4.90 Å². The molecule has 6 heteroatoms. The SMILES string of the molecule is Cc1c(-c2ccc3c(c2)CC[C@H](C)N3C(=O)c2ccc(O)cc2O)ccc2[nH]ncc12. The summed E-state index contributed by atoms with van der Waals surface area (Å²) in [5.41, 5.74) is 6.58. The highest BCUT2D eigenvalue weighted by Crippen LogP contribution is 2.38. The van der Waals surface area contributed by atoms with Crippen LogP contribution in [0.5, 0.6) is 11.5 Å². The van der Waals surface area contributed by atoms with E-state index in [9.17, 15) is 15.0 Å². The standard InChI is InChI=1S/C25H23N3O3/c1-14-3-4-17-11-16(19-8-9-22-21(15(19)2)13-26-27-22)5-10-23(17)28(14)25(31)20-7-6-18(29)12-24(20)30/h5-14,29-30H,3-4H2,1-2H3,(H,26,27)/t14-/m0/s1. The van der Waals surface area contributed by atoms with Crippen molar-refractivity contribution in [3.05, 3.63) is 71.4 Å². The van der Waals surface area contributed by atoms with Crippen LogP contribution in [0, 0.1) is 6.92 Å². The Labute approximate surface area is 179 Å². The molecule has 4 aromatic rings. The Hall–Kier alpha value is -3.80. The van der Waals surface area contributed by atoms with Gasteiger partial charge in [0.25, 0.3) is 5.91 Å². The zero-order valence-corrected chi connectivity index (χ0v) is 17.4. The minimum Gasteiger partial charge on any atom is -0.508 e. The Morgan fingerprint density at radius 3 is 2.77 bits per heavy atom. The number of nitrogens with one attached hydrogen (secondary N) is 1. The number of aromatic nitrogens is 2. The van der Waals surface area contributed by atoms with Gasteiger partial charge in [-0.1, -0.05) is 12.1 Å². The van der Waals surface area contributed by atoms with Crippen molar-refractivity contribution >= 4 is 22.5 Å². The van der Waals surface area contributed by atoms with Crippen molar-refractivity contribution in [3.8, 4) is 22.6 Å². The zero-order valence-electron chi connectivity index (χ0n) is 17.4. The lowest BCUT2D eigenvalue weighted by atomic mass is 9.91. The summed E-state index contributed by atoms with van der Waals surface area (Å²) in [5, 5.41) is 28.0. The number of H-pyrrole nitrogens is 1. The highest BCUT2D eigenvalue weighted by atomic mass is 16.3. The molecule has 2 heterocycles. The molecule has 0 aliphatic carbocycles. The highest BCUT2D eigenvalue weighted by Gasteiger charge is 2.30. The Morgan fingerprint density at radius 1 is 1.13 bits per heavy atom. The van der Waals surface area contributed by atoms with E-state index in [1.165, 1.54) is 18.2 Å². The van der Waals surface area contributed by atoms with Gasteiger partial charge in [-0.05, 0) is 79.3 Å². The molecule has 156 valence electrons. The molecule has 1 aliphatic heterocycles. The fourth-order valence-corrected chi connectivity index (χ4v) is 4.53. The van der Waals surface area contributed by atoms with Gasteiger partial charge in [0.15, 0.2) is 0 Å². The monoisotopic (exact) mass is 413 g/mol. The van der Waals surface area contributed by atoms with Crippen LogP contribution >= 0.6 is 0 Å². The van der Waals surface area contributed by atoms with Gasteiger partial charge in [-0.3, -0.25) is 9.89 Å².